The van der Waals surface area contributed by atoms with Crippen molar-refractivity contribution < 1.29 is 18.7 Å². The molecule has 6 heteroatoms. The number of carbonyl (C=O) groups excluding carboxylic acids is 2. The van der Waals surface area contributed by atoms with Crippen LogP contribution in [-0.2, 0) is 20.9 Å². The van der Waals surface area contributed by atoms with Gasteiger partial charge in [0, 0.05) is 26.1 Å². The lowest BCUT2D eigenvalue weighted by atomic mass is 10.1. The quantitative estimate of drug-likeness (QED) is 0.793. The molecule has 2 saturated heterocycles. The van der Waals surface area contributed by atoms with Gasteiger partial charge in [-0.1, -0.05) is 12.8 Å². The van der Waals surface area contributed by atoms with Crippen LogP contribution in [-0.4, -0.2) is 54.0 Å². The molecule has 0 bridgehead atoms. The number of ether oxygens (including phenoxy) is 1. The van der Waals surface area contributed by atoms with Gasteiger partial charge in [0.1, 0.15) is 5.76 Å². The van der Waals surface area contributed by atoms with Crippen molar-refractivity contribution in [3.63, 3.8) is 0 Å². The minimum absolute atomic E-state index is 0.0270. The van der Waals surface area contributed by atoms with Crippen LogP contribution in [0.4, 0.5) is 0 Å². The summed E-state index contributed by atoms with van der Waals surface area (Å²) >= 11 is 0. The molecule has 2 aliphatic heterocycles. The van der Waals surface area contributed by atoms with Gasteiger partial charge in [-0.3, -0.25) is 9.59 Å². The minimum Gasteiger partial charge on any atom is -0.467 e. The summed E-state index contributed by atoms with van der Waals surface area (Å²) < 4.78 is 11.1. The van der Waals surface area contributed by atoms with Crippen LogP contribution in [0.3, 0.4) is 0 Å². The van der Waals surface area contributed by atoms with Crippen LogP contribution in [0.2, 0.25) is 0 Å². The zero-order valence-corrected chi connectivity index (χ0v) is 14.8. The van der Waals surface area contributed by atoms with Gasteiger partial charge in [-0.25, -0.2) is 0 Å². The van der Waals surface area contributed by atoms with E-state index < -0.39 is 0 Å². The topological polar surface area (TPSA) is 63.0 Å². The maximum atomic E-state index is 12.9. The van der Waals surface area contributed by atoms with Crippen molar-refractivity contribution in [1.29, 1.82) is 0 Å². The zero-order chi connectivity index (χ0) is 17.5. The fourth-order valence-corrected chi connectivity index (χ4v) is 3.53. The Morgan fingerprint density at radius 2 is 2.12 bits per heavy atom. The van der Waals surface area contributed by atoms with E-state index in [1.165, 1.54) is 0 Å². The third-order valence-electron chi connectivity index (χ3n) is 4.98. The molecule has 2 aliphatic rings. The molecular formula is C19H28N2O4. The fraction of sp³-hybridized carbons (Fsp3) is 0.684. The lowest BCUT2D eigenvalue weighted by Gasteiger charge is -2.29. The van der Waals surface area contributed by atoms with Crippen molar-refractivity contribution in [2.75, 3.05) is 26.2 Å². The minimum atomic E-state index is -0.0270. The molecule has 0 radical (unpaired) electrons. The first kappa shape index (κ1) is 18.0. The van der Waals surface area contributed by atoms with Crippen molar-refractivity contribution in [3.8, 4) is 0 Å². The normalized spacial score (nSPS) is 21.8. The second kappa shape index (κ2) is 9.04. The Labute approximate surface area is 149 Å². The summed E-state index contributed by atoms with van der Waals surface area (Å²) in [5.74, 6) is 0.828. The Morgan fingerprint density at radius 3 is 2.88 bits per heavy atom. The van der Waals surface area contributed by atoms with E-state index in [4.69, 9.17) is 9.15 Å². The van der Waals surface area contributed by atoms with Gasteiger partial charge in [0.2, 0.25) is 11.8 Å². The summed E-state index contributed by atoms with van der Waals surface area (Å²) in [6.07, 6.45) is 8.41. The van der Waals surface area contributed by atoms with Crippen LogP contribution in [0.15, 0.2) is 22.8 Å². The van der Waals surface area contributed by atoms with E-state index in [1.807, 2.05) is 12.1 Å². The molecule has 0 unspecified atom stereocenters. The standard InChI is InChI=1S/C19H28N2O4/c22-18-9-3-1-2-4-10-20(18)15-19(23)21(13-16-7-5-11-24-16)14-17-8-6-12-25-17/h5,7,11,17H,1-4,6,8-10,12-15H2/t17-/m0/s1. The van der Waals surface area contributed by atoms with E-state index in [9.17, 15) is 9.59 Å². The van der Waals surface area contributed by atoms with E-state index >= 15 is 0 Å². The van der Waals surface area contributed by atoms with Gasteiger partial charge in [0.15, 0.2) is 0 Å². The van der Waals surface area contributed by atoms with Crippen molar-refractivity contribution in [2.45, 2.75) is 57.6 Å². The summed E-state index contributed by atoms with van der Waals surface area (Å²) in [4.78, 5) is 28.7. The summed E-state index contributed by atoms with van der Waals surface area (Å²) in [7, 11) is 0. The Kier molecular flexibility index (Phi) is 6.50. The molecule has 25 heavy (non-hydrogen) atoms. The molecule has 0 spiro atoms. The van der Waals surface area contributed by atoms with Gasteiger partial charge >= 0.3 is 0 Å². The Bertz CT molecular complexity index is 552. The Morgan fingerprint density at radius 1 is 1.24 bits per heavy atom. The fourth-order valence-electron chi connectivity index (χ4n) is 3.53. The first-order chi connectivity index (χ1) is 12.2. The number of hydrogen-bond donors (Lipinski definition) is 0. The van der Waals surface area contributed by atoms with Crippen LogP contribution < -0.4 is 0 Å². The molecule has 0 saturated carbocycles. The SMILES string of the molecule is O=C1CCCCCCN1CC(=O)N(Cc1ccco1)C[C@@H]1CCCO1. The molecule has 3 rings (SSSR count). The largest absolute Gasteiger partial charge is 0.467 e. The zero-order valence-electron chi connectivity index (χ0n) is 14.8. The van der Waals surface area contributed by atoms with Gasteiger partial charge < -0.3 is 19.0 Å². The Hall–Kier alpha value is -1.82. The number of carbonyl (C=O) groups is 2. The van der Waals surface area contributed by atoms with E-state index in [1.54, 1.807) is 16.1 Å². The predicted molar refractivity (Wildman–Crippen MR) is 92.8 cm³/mol. The molecule has 0 N–H and O–H groups in total. The molecule has 2 fully saturated rings. The highest BCUT2D eigenvalue weighted by Crippen LogP contribution is 2.17. The highest BCUT2D eigenvalue weighted by molar-refractivity contribution is 5.84. The van der Waals surface area contributed by atoms with E-state index in [2.05, 4.69) is 0 Å². The first-order valence-electron chi connectivity index (χ1n) is 9.42. The van der Waals surface area contributed by atoms with Crippen molar-refractivity contribution in [2.24, 2.45) is 0 Å². The third kappa shape index (κ3) is 5.33. The first-order valence-corrected chi connectivity index (χ1v) is 9.42. The highest BCUT2D eigenvalue weighted by atomic mass is 16.5. The molecule has 1 aromatic rings. The molecule has 1 aromatic heterocycles. The van der Waals surface area contributed by atoms with Crippen LogP contribution in [0.25, 0.3) is 0 Å². The third-order valence-corrected chi connectivity index (χ3v) is 4.98. The van der Waals surface area contributed by atoms with Gasteiger partial charge in [-0.15, -0.1) is 0 Å². The molecule has 1 atom stereocenters. The second-order valence-corrected chi connectivity index (χ2v) is 6.97. The van der Waals surface area contributed by atoms with Crippen LogP contribution in [0.1, 0.15) is 50.7 Å². The summed E-state index contributed by atoms with van der Waals surface area (Å²) in [6, 6.07) is 3.70. The smallest absolute Gasteiger partial charge is 0.242 e. The molecule has 0 aliphatic carbocycles. The van der Waals surface area contributed by atoms with Gasteiger partial charge in [0.05, 0.1) is 25.5 Å². The summed E-state index contributed by atoms with van der Waals surface area (Å²) in [5.41, 5.74) is 0. The molecule has 0 aromatic carbocycles. The maximum Gasteiger partial charge on any atom is 0.242 e. The van der Waals surface area contributed by atoms with E-state index in [0.717, 1.165) is 50.9 Å². The molecule has 6 nitrogen and oxygen atoms in total. The van der Waals surface area contributed by atoms with Crippen LogP contribution in [0, 0.1) is 0 Å². The molecular weight excluding hydrogens is 320 g/mol. The highest BCUT2D eigenvalue weighted by Gasteiger charge is 2.26. The molecule has 138 valence electrons. The van der Waals surface area contributed by atoms with Gasteiger partial charge in [-0.2, -0.15) is 0 Å². The predicted octanol–water partition coefficient (Wildman–Crippen LogP) is 2.58. The average molecular weight is 348 g/mol. The number of amides is 2. The molecule has 3 heterocycles. The number of likely N-dealkylation sites (tertiary alicyclic amines) is 1. The van der Waals surface area contributed by atoms with Crippen molar-refractivity contribution in [3.05, 3.63) is 24.2 Å². The summed E-state index contributed by atoms with van der Waals surface area (Å²) in [6.45, 7) is 2.58. The molecule has 2 amide bonds. The second-order valence-electron chi connectivity index (χ2n) is 6.97. The van der Waals surface area contributed by atoms with E-state index in [0.29, 0.717) is 26.1 Å². The van der Waals surface area contributed by atoms with Crippen LogP contribution >= 0.6 is 0 Å². The van der Waals surface area contributed by atoms with E-state index in [-0.39, 0.29) is 24.5 Å². The number of rotatable bonds is 6. The number of furan rings is 1. The van der Waals surface area contributed by atoms with Crippen LogP contribution in [0.5, 0.6) is 0 Å². The van der Waals surface area contributed by atoms with Gasteiger partial charge in [0.25, 0.3) is 0 Å². The van der Waals surface area contributed by atoms with Gasteiger partial charge in [-0.05, 0) is 37.8 Å². The number of hydrogen-bond acceptors (Lipinski definition) is 4. The monoisotopic (exact) mass is 348 g/mol. The Balaban J connectivity index is 1.63. The van der Waals surface area contributed by atoms with Crippen molar-refractivity contribution >= 4 is 11.8 Å². The average Bonchev–Trinajstić information content (AvgIpc) is 3.28. The maximum absolute atomic E-state index is 12.9. The number of nitrogens with zero attached hydrogens (tertiary/aromatic N) is 2. The lowest BCUT2D eigenvalue weighted by Crippen LogP contribution is -2.45. The summed E-state index contributed by atoms with van der Waals surface area (Å²) in [5, 5.41) is 0. The van der Waals surface area contributed by atoms with Crippen molar-refractivity contribution in [1.82, 2.24) is 9.80 Å². The lowest BCUT2D eigenvalue weighted by molar-refractivity contribution is -0.142.